The first-order valence-corrected chi connectivity index (χ1v) is 9.69. The predicted octanol–water partition coefficient (Wildman–Crippen LogP) is 4.26. The Balaban J connectivity index is 1.54. The number of hydrazone groups is 1. The lowest BCUT2D eigenvalue weighted by atomic mass is 9.99. The van der Waals surface area contributed by atoms with Gasteiger partial charge in [-0.25, -0.2) is 4.99 Å². The molecule has 0 spiro atoms. The molecule has 1 amide bonds. The third kappa shape index (κ3) is 3.48. The lowest BCUT2D eigenvalue weighted by Gasteiger charge is -2.19. The van der Waals surface area contributed by atoms with Gasteiger partial charge in [0.1, 0.15) is 0 Å². The summed E-state index contributed by atoms with van der Waals surface area (Å²) in [6, 6.07) is 11.7. The number of amides is 1. The topological polar surface area (TPSA) is 65.8 Å². The number of aliphatic imine (C=N–C) groups is 1. The van der Waals surface area contributed by atoms with Crippen LogP contribution < -0.4 is 10.7 Å². The maximum absolute atomic E-state index is 11.5. The van der Waals surface area contributed by atoms with Crippen molar-refractivity contribution in [1.29, 1.82) is 0 Å². The average molecular weight is 385 g/mol. The molecule has 0 aromatic heterocycles. The quantitative estimate of drug-likeness (QED) is 0.812. The van der Waals surface area contributed by atoms with E-state index in [2.05, 4.69) is 26.9 Å². The van der Waals surface area contributed by atoms with Crippen LogP contribution in [0.3, 0.4) is 0 Å². The molecule has 26 heavy (non-hydrogen) atoms. The summed E-state index contributed by atoms with van der Waals surface area (Å²) in [4.78, 5) is 16.1. The maximum atomic E-state index is 11.5. The second-order valence-electron chi connectivity index (χ2n) is 6.18. The average Bonchev–Trinajstić information content (AvgIpc) is 2.66. The zero-order valence-corrected chi connectivity index (χ0v) is 15.7. The monoisotopic (exact) mass is 384 g/mol. The minimum atomic E-state index is 0.0784. The summed E-state index contributed by atoms with van der Waals surface area (Å²) in [7, 11) is 0. The van der Waals surface area contributed by atoms with E-state index < -0.39 is 0 Å². The van der Waals surface area contributed by atoms with Crippen LogP contribution in [0.25, 0.3) is 0 Å². The van der Waals surface area contributed by atoms with E-state index in [1.165, 1.54) is 0 Å². The summed E-state index contributed by atoms with van der Waals surface area (Å²) in [6.45, 7) is 1.95. The summed E-state index contributed by atoms with van der Waals surface area (Å²) < 4.78 is 0. The minimum absolute atomic E-state index is 0.0784. The number of carbonyl (C=O) groups excluding carboxylic acids is 1. The molecule has 2 aliphatic rings. The van der Waals surface area contributed by atoms with Gasteiger partial charge in [-0.05, 0) is 54.3 Å². The number of anilines is 1. The molecular formula is C19H17ClN4OS. The summed E-state index contributed by atoms with van der Waals surface area (Å²) in [5.74, 6) is 0.811. The van der Waals surface area contributed by atoms with Crippen molar-refractivity contribution in [3.05, 3.63) is 58.1 Å². The molecule has 0 aliphatic carbocycles. The van der Waals surface area contributed by atoms with Gasteiger partial charge in [-0.3, -0.25) is 10.2 Å². The number of rotatable bonds is 2. The van der Waals surface area contributed by atoms with Crippen LogP contribution in [-0.4, -0.2) is 22.5 Å². The van der Waals surface area contributed by atoms with Crippen molar-refractivity contribution >= 4 is 51.5 Å². The Kier molecular flexibility index (Phi) is 4.70. The molecule has 0 atom stereocenters. The van der Waals surface area contributed by atoms with E-state index in [1.54, 1.807) is 11.8 Å². The van der Waals surface area contributed by atoms with Gasteiger partial charge in [-0.1, -0.05) is 35.5 Å². The zero-order chi connectivity index (χ0) is 18.1. The SMILES string of the molecule is Cc1c(Cl)cccc1N=C1NN=C(c2ccc3c(c2)CCC(=O)N3)CS1. The number of halogens is 1. The lowest BCUT2D eigenvalue weighted by Crippen LogP contribution is -2.25. The first kappa shape index (κ1) is 17.1. The fourth-order valence-electron chi connectivity index (χ4n) is 2.91. The molecule has 5 nitrogen and oxygen atoms in total. The molecule has 0 fully saturated rings. The van der Waals surface area contributed by atoms with E-state index in [4.69, 9.17) is 11.6 Å². The highest BCUT2D eigenvalue weighted by Crippen LogP contribution is 2.28. The Morgan fingerprint density at radius 3 is 2.92 bits per heavy atom. The van der Waals surface area contributed by atoms with E-state index >= 15 is 0 Å². The third-order valence-electron chi connectivity index (χ3n) is 4.43. The number of hydrogen-bond acceptors (Lipinski definition) is 4. The number of amidine groups is 1. The first-order valence-electron chi connectivity index (χ1n) is 8.32. The Hall–Kier alpha value is -2.31. The van der Waals surface area contributed by atoms with Crippen LogP contribution in [-0.2, 0) is 11.2 Å². The van der Waals surface area contributed by atoms with E-state index in [1.807, 2.05) is 37.3 Å². The summed E-state index contributed by atoms with van der Waals surface area (Å²) in [6.07, 6.45) is 1.30. The van der Waals surface area contributed by atoms with Gasteiger partial charge >= 0.3 is 0 Å². The standard InChI is InChI=1S/C19H17ClN4OS/c1-11-14(20)3-2-4-15(11)22-19-24-23-17(10-26-19)13-5-7-16-12(9-13)6-8-18(25)21-16/h2-5,7,9H,6,8,10H2,1H3,(H,21,25)(H,22,24). The van der Waals surface area contributed by atoms with Gasteiger partial charge < -0.3 is 5.32 Å². The molecular weight excluding hydrogens is 368 g/mol. The Bertz CT molecular complexity index is 955. The second-order valence-corrected chi connectivity index (χ2v) is 7.55. The molecule has 132 valence electrons. The van der Waals surface area contributed by atoms with Gasteiger partial charge in [0.05, 0.1) is 11.4 Å². The Labute approximate surface area is 160 Å². The fraction of sp³-hybridized carbons (Fsp3) is 0.211. The number of nitrogens with one attached hydrogen (secondary N) is 2. The van der Waals surface area contributed by atoms with Crippen molar-refractivity contribution in [1.82, 2.24) is 5.43 Å². The summed E-state index contributed by atoms with van der Waals surface area (Å²) in [5.41, 5.74) is 8.93. The number of hydrogen-bond donors (Lipinski definition) is 2. The molecule has 2 heterocycles. The third-order valence-corrected chi connectivity index (χ3v) is 5.71. The molecule has 4 rings (SSSR count). The van der Waals surface area contributed by atoms with Gasteiger partial charge in [0.15, 0.2) is 5.17 Å². The van der Waals surface area contributed by atoms with Crippen molar-refractivity contribution in [3.8, 4) is 0 Å². The summed E-state index contributed by atoms with van der Waals surface area (Å²) >= 11 is 7.76. The van der Waals surface area contributed by atoms with Gasteiger partial charge in [-0.2, -0.15) is 5.10 Å². The van der Waals surface area contributed by atoms with Crippen LogP contribution in [0.5, 0.6) is 0 Å². The number of fused-ring (bicyclic) bond motifs is 1. The van der Waals surface area contributed by atoms with Gasteiger partial charge in [-0.15, -0.1) is 0 Å². The van der Waals surface area contributed by atoms with Crippen molar-refractivity contribution < 1.29 is 4.79 Å². The highest BCUT2D eigenvalue weighted by molar-refractivity contribution is 8.14. The molecule has 0 saturated heterocycles. The maximum Gasteiger partial charge on any atom is 0.224 e. The van der Waals surface area contributed by atoms with Crippen molar-refractivity contribution in [2.75, 3.05) is 11.1 Å². The molecule has 2 N–H and O–H groups in total. The number of carbonyl (C=O) groups is 1. The van der Waals surface area contributed by atoms with Gasteiger partial charge in [0.2, 0.25) is 5.91 Å². The molecule has 0 unspecified atom stereocenters. The highest BCUT2D eigenvalue weighted by atomic mass is 35.5. The molecule has 2 aromatic carbocycles. The first-order chi connectivity index (χ1) is 12.6. The van der Waals surface area contributed by atoms with E-state index in [9.17, 15) is 4.79 Å². The number of nitrogens with zero attached hydrogens (tertiary/aromatic N) is 2. The smallest absolute Gasteiger partial charge is 0.224 e. The Morgan fingerprint density at radius 2 is 2.12 bits per heavy atom. The van der Waals surface area contributed by atoms with Crippen LogP contribution in [0, 0.1) is 6.92 Å². The largest absolute Gasteiger partial charge is 0.326 e. The molecule has 0 saturated carbocycles. The van der Waals surface area contributed by atoms with Gasteiger partial charge in [0.25, 0.3) is 0 Å². The lowest BCUT2D eigenvalue weighted by molar-refractivity contribution is -0.116. The number of aryl methyl sites for hydroxylation is 1. The van der Waals surface area contributed by atoms with Crippen LogP contribution in [0.4, 0.5) is 11.4 Å². The van der Waals surface area contributed by atoms with Crippen molar-refractivity contribution in [2.45, 2.75) is 19.8 Å². The predicted molar refractivity (Wildman–Crippen MR) is 109 cm³/mol. The van der Waals surface area contributed by atoms with Crippen LogP contribution in [0.15, 0.2) is 46.5 Å². The second kappa shape index (κ2) is 7.13. The van der Waals surface area contributed by atoms with Crippen LogP contribution >= 0.6 is 23.4 Å². The van der Waals surface area contributed by atoms with E-state index in [-0.39, 0.29) is 5.91 Å². The fourth-order valence-corrected chi connectivity index (χ4v) is 3.86. The number of thioether (sulfide) groups is 1. The molecule has 0 bridgehead atoms. The molecule has 2 aromatic rings. The van der Waals surface area contributed by atoms with E-state index in [0.717, 1.165) is 51.1 Å². The molecule has 2 aliphatic heterocycles. The normalized spacial score (nSPS) is 18.0. The van der Waals surface area contributed by atoms with Crippen molar-refractivity contribution in [3.63, 3.8) is 0 Å². The van der Waals surface area contributed by atoms with Gasteiger partial charge in [0, 0.05) is 22.9 Å². The van der Waals surface area contributed by atoms with Crippen molar-refractivity contribution in [2.24, 2.45) is 10.1 Å². The number of benzene rings is 2. The Morgan fingerprint density at radius 1 is 1.23 bits per heavy atom. The zero-order valence-electron chi connectivity index (χ0n) is 14.2. The van der Waals surface area contributed by atoms with Crippen LogP contribution in [0.2, 0.25) is 5.02 Å². The van der Waals surface area contributed by atoms with E-state index in [0.29, 0.717) is 11.4 Å². The molecule has 7 heteroatoms. The molecule has 0 radical (unpaired) electrons. The van der Waals surface area contributed by atoms with Crippen LogP contribution in [0.1, 0.15) is 23.1 Å². The summed E-state index contributed by atoms with van der Waals surface area (Å²) in [5, 5.41) is 8.85. The minimum Gasteiger partial charge on any atom is -0.326 e. The highest BCUT2D eigenvalue weighted by Gasteiger charge is 2.18.